The minimum Gasteiger partial charge on any atom is -0.423 e. The predicted octanol–water partition coefficient (Wildman–Crippen LogP) is 1.59. The normalized spacial score (nSPS) is 7.69. The molecule has 0 saturated heterocycles. The smallest absolute Gasteiger partial charge is 0.335 e. The van der Waals surface area contributed by atoms with Crippen LogP contribution < -0.4 is 4.74 Å². The lowest BCUT2D eigenvalue weighted by atomic mass is 10.3. The van der Waals surface area contributed by atoms with E-state index in [-0.39, 0.29) is 0 Å². The van der Waals surface area contributed by atoms with Gasteiger partial charge in [-0.15, -0.1) is 0 Å². The number of hydrogen-bond donors (Lipinski definition) is 0. The van der Waals surface area contributed by atoms with Gasteiger partial charge in [-0.25, -0.2) is 4.79 Å². The van der Waals surface area contributed by atoms with Crippen molar-refractivity contribution in [3.63, 3.8) is 0 Å². The van der Waals surface area contributed by atoms with Gasteiger partial charge >= 0.3 is 5.97 Å². The van der Waals surface area contributed by atoms with Crippen molar-refractivity contribution in [1.82, 2.24) is 0 Å². The number of ether oxygens (including phenoxy) is 1. The van der Waals surface area contributed by atoms with E-state index in [0.29, 0.717) is 5.75 Å². The lowest BCUT2D eigenvalue weighted by Crippen LogP contribution is -2.02. The summed E-state index contributed by atoms with van der Waals surface area (Å²) >= 11 is 0. The van der Waals surface area contributed by atoms with Crippen LogP contribution in [0.15, 0.2) is 43.0 Å². The number of para-hydroxylation sites is 1. The molecule has 0 aliphatic heterocycles. The van der Waals surface area contributed by atoms with Crippen LogP contribution in [0.2, 0.25) is 0 Å². The molecular weight excluding hydrogens is 168 g/mol. The monoisotopic (exact) mass is 178 g/mol. The largest absolute Gasteiger partial charge is 0.423 e. The lowest BCUT2D eigenvalue weighted by Gasteiger charge is -1.98. The fraction of sp³-hybridized carbons (Fsp3) is 0. The van der Waals surface area contributed by atoms with Gasteiger partial charge in [0.15, 0.2) is 0 Å². The van der Waals surface area contributed by atoms with Crippen molar-refractivity contribution in [2.45, 2.75) is 0 Å². The second kappa shape index (κ2) is 6.79. The van der Waals surface area contributed by atoms with Gasteiger partial charge in [0, 0.05) is 6.08 Å². The van der Waals surface area contributed by atoms with Crippen LogP contribution in [0.5, 0.6) is 5.75 Å². The van der Waals surface area contributed by atoms with Crippen LogP contribution in [0.25, 0.3) is 0 Å². The van der Waals surface area contributed by atoms with Crippen molar-refractivity contribution in [2.24, 2.45) is 0 Å². The summed E-state index contributed by atoms with van der Waals surface area (Å²) in [4.78, 5) is 18.6. The molecule has 1 aromatic carbocycles. The topological polar surface area (TPSA) is 43.4 Å². The Morgan fingerprint density at radius 1 is 1.23 bits per heavy atom. The van der Waals surface area contributed by atoms with Gasteiger partial charge < -0.3 is 9.53 Å². The zero-order valence-electron chi connectivity index (χ0n) is 7.10. The van der Waals surface area contributed by atoms with Gasteiger partial charge in [0.25, 0.3) is 0 Å². The van der Waals surface area contributed by atoms with Crippen LogP contribution >= 0.6 is 0 Å². The van der Waals surface area contributed by atoms with Gasteiger partial charge in [0.05, 0.1) is 0 Å². The van der Waals surface area contributed by atoms with Gasteiger partial charge in [0.1, 0.15) is 12.5 Å². The highest BCUT2D eigenvalue weighted by atomic mass is 16.5. The maximum atomic E-state index is 10.6. The molecular formula is C10H10O3. The van der Waals surface area contributed by atoms with E-state index >= 15 is 0 Å². The summed E-state index contributed by atoms with van der Waals surface area (Å²) in [6.45, 7) is 5.28. The molecule has 0 atom stereocenters. The maximum absolute atomic E-state index is 10.6. The minimum absolute atomic E-state index is 0.434. The fourth-order valence-electron chi connectivity index (χ4n) is 0.646. The molecule has 0 radical (unpaired) electrons. The molecule has 68 valence electrons. The van der Waals surface area contributed by atoms with Crippen LogP contribution in [0, 0.1) is 0 Å². The number of rotatable bonds is 2. The number of carbonyl (C=O) groups excluding carboxylic acids is 2. The standard InChI is InChI=1S/C9H8O2.CH2O/c1-2-9(10)11-8-6-4-3-5-7-8;1-2/h2-7H,1H2;1H2. The molecule has 3 nitrogen and oxygen atoms in total. The van der Waals surface area contributed by atoms with Crippen LogP contribution in [0.3, 0.4) is 0 Å². The molecule has 0 bridgehead atoms. The Morgan fingerprint density at radius 3 is 2.23 bits per heavy atom. The van der Waals surface area contributed by atoms with Crippen LogP contribution in [0.4, 0.5) is 0 Å². The van der Waals surface area contributed by atoms with Crippen molar-refractivity contribution < 1.29 is 14.3 Å². The second-order valence-electron chi connectivity index (χ2n) is 1.94. The van der Waals surface area contributed by atoms with Crippen molar-refractivity contribution in [2.75, 3.05) is 0 Å². The van der Waals surface area contributed by atoms with E-state index in [9.17, 15) is 4.79 Å². The highest BCUT2D eigenvalue weighted by Gasteiger charge is 1.95. The molecule has 0 aromatic heterocycles. The Bertz CT molecular complexity index is 267. The first-order valence-electron chi connectivity index (χ1n) is 3.51. The SMILES string of the molecule is C=CC(=O)Oc1ccccc1.C=O. The Morgan fingerprint density at radius 2 is 1.77 bits per heavy atom. The average Bonchev–Trinajstić information content (AvgIpc) is 2.22. The average molecular weight is 178 g/mol. The molecule has 0 amide bonds. The van der Waals surface area contributed by atoms with E-state index in [1.54, 1.807) is 24.3 Å². The van der Waals surface area contributed by atoms with Crippen molar-refractivity contribution in [3.8, 4) is 5.75 Å². The number of hydrogen-bond acceptors (Lipinski definition) is 3. The molecule has 1 aromatic rings. The van der Waals surface area contributed by atoms with Crippen molar-refractivity contribution in [1.29, 1.82) is 0 Å². The minimum atomic E-state index is -0.434. The van der Waals surface area contributed by atoms with Crippen LogP contribution in [-0.2, 0) is 9.59 Å². The number of esters is 1. The highest BCUT2D eigenvalue weighted by molar-refractivity contribution is 5.83. The Balaban J connectivity index is 0.000000671. The third-order valence-electron chi connectivity index (χ3n) is 1.13. The number of benzene rings is 1. The van der Waals surface area contributed by atoms with Gasteiger partial charge in [-0.3, -0.25) is 0 Å². The molecule has 13 heavy (non-hydrogen) atoms. The summed E-state index contributed by atoms with van der Waals surface area (Å²) in [7, 11) is 0. The lowest BCUT2D eigenvalue weighted by molar-refractivity contribution is -0.128. The van der Waals surface area contributed by atoms with Gasteiger partial charge in [-0.1, -0.05) is 24.8 Å². The second-order valence-corrected chi connectivity index (χ2v) is 1.94. The predicted molar refractivity (Wildman–Crippen MR) is 49.4 cm³/mol. The molecule has 0 saturated carbocycles. The van der Waals surface area contributed by atoms with E-state index in [1.165, 1.54) is 0 Å². The first-order valence-corrected chi connectivity index (χ1v) is 3.51. The zero-order chi connectivity index (χ0) is 10.1. The molecule has 0 N–H and O–H groups in total. The number of carbonyl (C=O) groups is 2. The first-order chi connectivity index (χ1) is 6.33. The highest BCUT2D eigenvalue weighted by Crippen LogP contribution is 2.07. The molecule has 0 heterocycles. The summed E-state index contributed by atoms with van der Waals surface area (Å²) in [6.07, 6.45) is 1.13. The summed E-state index contributed by atoms with van der Waals surface area (Å²) in [5.74, 6) is 0.105. The quantitative estimate of drug-likeness (QED) is 0.392. The van der Waals surface area contributed by atoms with Crippen molar-refractivity contribution in [3.05, 3.63) is 43.0 Å². The third kappa shape index (κ3) is 4.53. The fourth-order valence-corrected chi connectivity index (χ4v) is 0.646. The Kier molecular flexibility index (Phi) is 5.80. The van der Waals surface area contributed by atoms with E-state index < -0.39 is 5.97 Å². The molecule has 0 fully saturated rings. The molecule has 3 heteroatoms. The molecule has 0 aliphatic rings. The molecule has 0 aliphatic carbocycles. The third-order valence-corrected chi connectivity index (χ3v) is 1.13. The van der Waals surface area contributed by atoms with Gasteiger partial charge in [-0.05, 0) is 12.1 Å². The van der Waals surface area contributed by atoms with E-state index in [4.69, 9.17) is 9.53 Å². The van der Waals surface area contributed by atoms with Crippen molar-refractivity contribution >= 4 is 12.8 Å². The summed E-state index contributed by atoms with van der Waals surface area (Å²) in [6, 6.07) is 8.87. The first kappa shape index (κ1) is 11.1. The molecule has 0 spiro atoms. The van der Waals surface area contributed by atoms with E-state index in [0.717, 1.165) is 6.08 Å². The van der Waals surface area contributed by atoms with E-state index in [2.05, 4.69) is 6.58 Å². The Labute approximate surface area is 76.6 Å². The molecule has 0 unspecified atom stereocenters. The van der Waals surface area contributed by atoms with Crippen LogP contribution in [-0.4, -0.2) is 12.8 Å². The van der Waals surface area contributed by atoms with E-state index in [1.807, 2.05) is 12.9 Å². The summed E-state index contributed by atoms with van der Waals surface area (Å²) < 4.78 is 4.81. The Hall–Kier alpha value is -1.90. The summed E-state index contributed by atoms with van der Waals surface area (Å²) in [5, 5.41) is 0. The van der Waals surface area contributed by atoms with Gasteiger partial charge in [0.2, 0.25) is 0 Å². The van der Waals surface area contributed by atoms with Gasteiger partial charge in [-0.2, -0.15) is 0 Å². The maximum Gasteiger partial charge on any atom is 0.335 e. The van der Waals surface area contributed by atoms with Crippen LogP contribution in [0.1, 0.15) is 0 Å². The molecule has 1 rings (SSSR count). The summed E-state index contributed by atoms with van der Waals surface area (Å²) in [5.41, 5.74) is 0. The zero-order valence-corrected chi connectivity index (χ0v) is 7.10.